The van der Waals surface area contributed by atoms with Gasteiger partial charge in [0.2, 0.25) is 0 Å². The quantitative estimate of drug-likeness (QED) is 0.672. The van der Waals surface area contributed by atoms with E-state index in [1.54, 1.807) is 6.07 Å². The molecule has 1 N–H and O–H groups in total. The van der Waals surface area contributed by atoms with Crippen LogP contribution in [0.1, 0.15) is 18.5 Å². The molecule has 2 heteroatoms. The van der Waals surface area contributed by atoms with Crippen molar-refractivity contribution in [1.82, 2.24) is 5.32 Å². The number of nitrogens with one attached hydrogen (secondary N) is 1. The smallest absolute Gasteiger partial charge is 0.127 e. The van der Waals surface area contributed by atoms with E-state index in [9.17, 15) is 4.39 Å². The maximum atomic E-state index is 13.2. The van der Waals surface area contributed by atoms with Crippen molar-refractivity contribution < 1.29 is 4.39 Å². The van der Waals surface area contributed by atoms with Crippen molar-refractivity contribution in [2.45, 2.75) is 13.0 Å². The highest BCUT2D eigenvalue weighted by atomic mass is 19.1. The van der Waals surface area contributed by atoms with Crippen LogP contribution in [0.2, 0.25) is 0 Å². The second kappa shape index (κ2) is 2.87. The average Bonchev–Trinajstić information content (AvgIpc) is 2.06. The molecule has 1 heterocycles. The van der Waals surface area contributed by atoms with Gasteiger partial charge < -0.3 is 5.32 Å². The van der Waals surface area contributed by atoms with Crippen LogP contribution < -0.4 is 5.32 Å². The topological polar surface area (TPSA) is 12.0 Å². The van der Waals surface area contributed by atoms with Crippen LogP contribution in [-0.4, -0.2) is 6.54 Å². The number of halogens is 1. The molecular weight excluding hydrogens is 153 g/mol. The Kier molecular flexibility index (Phi) is 1.85. The van der Waals surface area contributed by atoms with Crippen LogP contribution in [-0.2, 0) is 0 Å². The van der Waals surface area contributed by atoms with Crippen LogP contribution in [0.3, 0.4) is 0 Å². The van der Waals surface area contributed by atoms with Crippen molar-refractivity contribution in [2.24, 2.45) is 5.92 Å². The molecule has 1 fully saturated rings. The third-order valence-electron chi connectivity index (χ3n) is 2.47. The van der Waals surface area contributed by atoms with Gasteiger partial charge in [-0.1, -0.05) is 25.1 Å². The number of hydrogen-bond acceptors (Lipinski definition) is 1. The molecule has 64 valence electrons. The van der Waals surface area contributed by atoms with E-state index in [0.29, 0.717) is 5.92 Å². The van der Waals surface area contributed by atoms with Gasteiger partial charge in [0.1, 0.15) is 5.82 Å². The first-order chi connectivity index (χ1) is 5.79. The predicted octanol–water partition coefficient (Wildman–Crippen LogP) is 2.11. The van der Waals surface area contributed by atoms with Gasteiger partial charge in [-0.25, -0.2) is 4.39 Å². The molecule has 2 atom stereocenters. The van der Waals surface area contributed by atoms with E-state index in [0.717, 1.165) is 12.1 Å². The molecule has 2 unspecified atom stereocenters. The predicted molar refractivity (Wildman–Crippen MR) is 46.3 cm³/mol. The Balaban J connectivity index is 2.27. The fraction of sp³-hybridized carbons (Fsp3) is 0.400. The molecule has 1 saturated heterocycles. The molecule has 0 aliphatic carbocycles. The number of benzene rings is 1. The Morgan fingerprint density at radius 2 is 2.17 bits per heavy atom. The number of hydrogen-bond donors (Lipinski definition) is 1. The summed E-state index contributed by atoms with van der Waals surface area (Å²) in [5.41, 5.74) is 0.802. The largest absolute Gasteiger partial charge is 0.309 e. The molecule has 0 amide bonds. The van der Waals surface area contributed by atoms with E-state index in [1.165, 1.54) is 6.07 Å². The molecule has 0 aromatic heterocycles. The molecule has 1 nitrogen and oxygen atoms in total. The molecule has 1 aliphatic heterocycles. The third kappa shape index (κ3) is 1.12. The Morgan fingerprint density at radius 1 is 1.42 bits per heavy atom. The lowest BCUT2D eigenvalue weighted by Gasteiger charge is -2.36. The summed E-state index contributed by atoms with van der Waals surface area (Å²) in [5, 5.41) is 3.21. The maximum absolute atomic E-state index is 13.2. The molecule has 0 bridgehead atoms. The lowest BCUT2D eigenvalue weighted by atomic mass is 9.87. The highest BCUT2D eigenvalue weighted by Gasteiger charge is 2.28. The Morgan fingerprint density at radius 3 is 2.67 bits per heavy atom. The summed E-state index contributed by atoms with van der Waals surface area (Å²) in [6.45, 7) is 3.13. The summed E-state index contributed by atoms with van der Waals surface area (Å²) in [7, 11) is 0. The molecular formula is C10H12FN. The monoisotopic (exact) mass is 165 g/mol. The molecule has 2 rings (SSSR count). The second-order valence-corrected chi connectivity index (χ2v) is 3.38. The fourth-order valence-corrected chi connectivity index (χ4v) is 1.62. The van der Waals surface area contributed by atoms with Crippen molar-refractivity contribution in [1.29, 1.82) is 0 Å². The van der Waals surface area contributed by atoms with E-state index >= 15 is 0 Å². The summed E-state index contributed by atoms with van der Waals surface area (Å²) in [4.78, 5) is 0. The Hall–Kier alpha value is -0.890. The van der Waals surface area contributed by atoms with E-state index < -0.39 is 0 Å². The van der Waals surface area contributed by atoms with Gasteiger partial charge in [0.05, 0.1) is 0 Å². The van der Waals surface area contributed by atoms with Crippen molar-refractivity contribution in [3.63, 3.8) is 0 Å². The van der Waals surface area contributed by atoms with Crippen LogP contribution >= 0.6 is 0 Å². The fourth-order valence-electron chi connectivity index (χ4n) is 1.62. The van der Waals surface area contributed by atoms with Crippen LogP contribution in [0, 0.1) is 11.7 Å². The van der Waals surface area contributed by atoms with Gasteiger partial charge >= 0.3 is 0 Å². The maximum Gasteiger partial charge on any atom is 0.127 e. The van der Waals surface area contributed by atoms with Gasteiger partial charge in [0.25, 0.3) is 0 Å². The van der Waals surface area contributed by atoms with Crippen molar-refractivity contribution >= 4 is 0 Å². The zero-order valence-electron chi connectivity index (χ0n) is 7.05. The summed E-state index contributed by atoms with van der Waals surface area (Å²) < 4.78 is 13.2. The second-order valence-electron chi connectivity index (χ2n) is 3.38. The molecule has 0 radical (unpaired) electrons. The molecule has 0 saturated carbocycles. The minimum Gasteiger partial charge on any atom is -0.309 e. The molecule has 12 heavy (non-hydrogen) atoms. The summed E-state index contributed by atoms with van der Waals surface area (Å²) >= 11 is 0. The molecule has 1 aromatic rings. The average molecular weight is 165 g/mol. The lowest BCUT2D eigenvalue weighted by Crippen LogP contribution is -2.44. The zero-order chi connectivity index (χ0) is 8.55. The van der Waals surface area contributed by atoms with Crippen molar-refractivity contribution in [2.75, 3.05) is 6.54 Å². The first-order valence-corrected chi connectivity index (χ1v) is 4.27. The van der Waals surface area contributed by atoms with Crippen molar-refractivity contribution in [3.05, 3.63) is 35.6 Å². The van der Waals surface area contributed by atoms with Crippen LogP contribution in [0.5, 0.6) is 0 Å². The molecule has 1 aliphatic rings. The van der Waals surface area contributed by atoms with Gasteiger partial charge in [-0.2, -0.15) is 0 Å². The lowest BCUT2D eigenvalue weighted by molar-refractivity contribution is 0.252. The van der Waals surface area contributed by atoms with E-state index in [1.807, 2.05) is 12.1 Å². The van der Waals surface area contributed by atoms with E-state index in [-0.39, 0.29) is 11.9 Å². The number of rotatable bonds is 1. The first-order valence-electron chi connectivity index (χ1n) is 4.27. The Labute approximate surface area is 71.6 Å². The van der Waals surface area contributed by atoms with E-state index in [4.69, 9.17) is 0 Å². The summed E-state index contributed by atoms with van der Waals surface area (Å²) in [5.74, 6) is 0.462. The van der Waals surface area contributed by atoms with Gasteiger partial charge in [-0.15, -0.1) is 0 Å². The van der Waals surface area contributed by atoms with Gasteiger partial charge in [-0.3, -0.25) is 0 Å². The Bertz CT molecular complexity index is 285. The van der Waals surface area contributed by atoms with Gasteiger partial charge in [-0.05, 0) is 12.0 Å². The normalized spacial score (nSPS) is 28.2. The minimum absolute atomic E-state index is 0.0958. The zero-order valence-corrected chi connectivity index (χ0v) is 7.05. The summed E-state index contributed by atoms with van der Waals surface area (Å²) in [6.07, 6.45) is 0. The van der Waals surface area contributed by atoms with E-state index in [2.05, 4.69) is 12.2 Å². The van der Waals surface area contributed by atoms with Crippen molar-refractivity contribution in [3.8, 4) is 0 Å². The standard InChI is InChI=1S/C10H12FN/c1-7-6-12-10(7)8-4-2-3-5-9(8)11/h2-5,7,10,12H,6H2,1H3. The minimum atomic E-state index is -0.0958. The summed E-state index contributed by atoms with van der Waals surface area (Å²) in [6, 6.07) is 7.20. The van der Waals surface area contributed by atoms with Gasteiger partial charge in [0, 0.05) is 18.2 Å². The van der Waals surface area contributed by atoms with Gasteiger partial charge in [0.15, 0.2) is 0 Å². The first kappa shape index (κ1) is 7.74. The highest BCUT2D eigenvalue weighted by Crippen LogP contribution is 2.29. The van der Waals surface area contributed by atoms with Crippen LogP contribution in [0.25, 0.3) is 0 Å². The third-order valence-corrected chi connectivity index (χ3v) is 2.47. The highest BCUT2D eigenvalue weighted by molar-refractivity contribution is 5.23. The van der Waals surface area contributed by atoms with Crippen LogP contribution in [0.15, 0.2) is 24.3 Å². The molecule has 0 spiro atoms. The molecule has 1 aromatic carbocycles. The van der Waals surface area contributed by atoms with Crippen LogP contribution in [0.4, 0.5) is 4.39 Å². The SMILES string of the molecule is CC1CNC1c1ccccc1F.